The van der Waals surface area contributed by atoms with Crippen LogP contribution in [0.5, 0.6) is 0 Å². The number of aromatic nitrogens is 1. The number of anilines is 1. The topological polar surface area (TPSA) is 76.1 Å². The Labute approximate surface area is 195 Å². The van der Waals surface area contributed by atoms with E-state index >= 15 is 0 Å². The number of nitrogens with zero attached hydrogens (tertiary/aromatic N) is 1. The molecule has 5 nitrogen and oxygen atoms in total. The van der Waals surface area contributed by atoms with Crippen molar-refractivity contribution in [2.45, 2.75) is 17.6 Å². The van der Waals surface area contributed by atoms with Gasteiger partial charge in [0, 0.05) is 11.6 Å². The van der Waals surface area contributed by atoms with Crippen LogP contribution in [0.15, 0.2) is 77.8 Å². The lowest BCUT2D eigenvalue weighted by atomic mass is 10.1. The molecular formula is C24H18Cl2N2O3S. The molecule has 0 aliphatic heterocycles. The smallest absolute Gasteiger partial charge is 0.258 e. The second-order valence-corrected chi connectivity index (χ2v) is 10.0. The van der Waals surface area contributed by atoms with Gasteiger partial charge in [0.15, 0.2) is 9.84 Å². The quantitative estimate of drug-likeness (QED) is 0.372. The monoisotopic (exact) mass is 484 g/mol. The second-order valence-electron chi connectivity index (χ2n) is 7.27. The van der Waals surface area contributed by atoms with Gasteiger partial charge in [-0.1, -0.05) is 71.7 Å². The van der Waals surface area contributed by atoms with Crippen LogP contribution in [0.1, 0.15) is 21.5 Å². The number of rotatable bonds is 5. The fourth-order valence-electron chi connectivity index (χ4n) is 3.58. The third-order valence-corrected chi connectivity index (χ3v) is 7.48. The molecule has 32 heavy (non-hydrogen) atoms. The number of hydrogen-bond donors (Lipinski definition) is 1. The van der Waals surface area contributed by atoms with Crippen LogP contribution < -0.4 is 5.32 Å². The molecule has 0 spiro atoms. The molecule has 0 radical (unpaired) electrons. The zero-order valence-electron chi connectivity index (χ0n) is 17.0. The minimum atomic E-state index is -3.68. The number of carbonyl (C=O) groups is 1. The van der Waals surface area contributed by atoms with Gasteiger partial charge in [-0.2, -0.15) is 0 Å². The van der Waals surface area contributed by atoms with Gasteiger partial charge in [-0.05, 0) is 36.2 Å². The van der Waals surface area contributed by atoms with Gasteiger partial charge >= 0.3 is 0 Å². The average Bonchev–Trinajstić information content (AvgIpc) is 2.73. The first-order valence-corrected chi connectivity index (χ1v) is 12.1. The number of fused-ring (bicyclic) bond motifs is 1. The Balaban J connectivity index is 1.79. The van der Waals surface area contributed by atoms with E-state index in [1.54, 1.807) is 67.6 Å². The van der Waals surface area contributed by atoms with Crippen molar-refractivity contribution < 1.29 is 13.2 Å². The molecule has 162 valence electrons. The fraction of sp³-hybridized carbons (Fsp3) is 0.0833. The zero-order valence-corrected chi connectivity index (χ0v) is 19.3. The maximum absolute atomic E-state index is 13.3. The number of sulfone groups is 1. The zero-order chi connectivity index (χ0) is 22.9. The van der Waals surface area contributed by atoms with Gasteiger partial charge in [-0.25, -0.2) is 8.42 Å². The lowest BCUT2D eigenvalue weighted by Crippen LogP contribution is -2.14. The standard InChI is InChI=1S/C24H18Cl2N2O3S/c1-15-13-27-22-17(23(15)32(30,31)14-16-7-3-2-4-8-16)9-5-12-20(22)28-24(29)21-18(25)10-6-11-19(21)26/h2-13H,14H2,1H3,(H,28,29). The van der Waals surface area contributed by atoms with Gasteiger partial charge in [0.1, 0.15) is 0 Å². The molecule has 0 saturated heterocycles. The van der Waals surface area contributed by atoms with E-state index in [0.717, 1.165) is 0 Å². The van der Waals surface area contributed by atoms with Crippen LogP contribution in [0.4, 0.5) is 5.69 Å². The Morgan fingerprint density at radius 1 is 0.938 bits per heavy atom. The maximum Gasteiger partial charge on any atom is 0.258 e. The van der Waals surface area contributed by atoms with Crippen molar-refractivity contribution in [1.29, 1.82) is 0 Å². The predicted molar refractivity (Wildman–Crippen MR) is 128 cm³/mol. The van der Waals surface area contributed by atoms with E-state index in [4.69, 9.17) is 23.2 Å². The number of benzene rings is 3. The average molecular weight is 485 g/mol. The predicted octanol–water partition coefficient (Wildman–Crippen LogP) is 6.08. The van der Waals surface area contributed by atoms with Crippen LogP contribution >= 0.6 is 23.2 Å². The van der Waals surface area contributed by atoms with E-state index in [0.29, 0.717) is 27.7 Å². The molecule has 1 aromatic heterocycles. The Morgan fingerprint density at radius 3 is 2.28 bits per heavy atom. The van der Waals surface area contributed by atoms with E-state index in [-0.39, 0.29) is 26.3 Å². The van der Waals surface area contributed by atoms with Crippen LogP contribution in [0, 0.1) is 6.92 Å². The molecule has 0 unspecified atom stereocenters. The number of halogens is 2. The first kappa shape index (κ1) is 22.3. The summed E-state index contributed by atoms with van der Waals surface area (Å²) in [6.45, 7) is 1.71. The van der Waals surface area contributed by atoms with Crippen LogP contribution in [-0.4, -0.2) is 19.3 Å². The van der Waals surface area contributed by atoms with Gasteiger partial charge in [-0.15, -0.1) is 0 Å². The third-order valence-electron chi connectivity index (χ3n) is 4.97. The molecule has 0 bridgehead atoms. The lowest BCUT2D eigenvalue weighted by molar-refractivity contribution is 0.102. The number of para-hydroxylation sites is 1. The van der Waals surface area contributed by atoms with Crippen molar-refractivity contribution in [1.82, 2.24) is 4.98 Å². The molecular weight excluding hydrogens is 467 g/mol. The van der Waals surface area contributed by atoms with Crippen LogP contribution in [0.2, 0.25) is 10.0 Å². The molecule has 4 rings (SSSR count). The highest BCUT2D eigenvalue weighted by atomic mass is 35.5. The van der Waals surface area contributed by atoms with Gasteiger partial charge in [-0.3, -0.25) is 9.78 Å². The van der Waals surface area contributed by atoms with Gasteiger partial charge in [0.25, 0.3) is 5.91 Å². The van der Waals surface area contributed by atoms with Crippen molar-refractivity contribution in [2.24, 2.45) is 0 Å². The summed E-state index contributed by atoms with van der Waals surface area (Å²) in [7, 11) is -3.68. The molecule has 0 aliphatic carbocycles. The van der Waals surface area contributed by atoms with Crippen molar-refractivity contribution in [3.8, 4) is 0 Å². The molecule has 0 saturated carbocycles. The van der Waals surface area contributed by atoms with Crippen LogP contribution in [-0.2, 0) is 15.6 Å². The summed E-state index contributed by atoms with van der Waals surface area (Å²) in [6, 6.07) is 18.8. The summed E-state index contributed by atoms with van der Waals surface area (Å²) in [5.74, 6) is -0.649. The van der Waals surface area contributed by atoms with E-state index in [1.165, 1.54) is 6.20 Å². The first-order valence-electron chi connectivity index (χ1n) is 9.68. The molecule has 8 heteroatoms. The number of hydrogen-bond acceptors (Lipinski definition) is 4. The number of amides is 1. The number of aryl methyl sites for hydroxylation is 1. The first-order chi connectivity index (χ1) is 15.3. The highest BCUT2D eigenvalue weighted by Crippen LogP contribution is 2.32. The number of carbonyl (C=O) groups excluding carboxylic acids is 1. The third kappa shape index (κ3) is 4.35. The van der Waals surface area contributed by atoms with Crippen molar-refractivity contribution in [2.75, 3.05) is 5.32 Å². The van der Waals surface area contributed by atoms with Crippen LogP contribution in [0.25, 0.3) is 10.9 Å². The Hall–Kier alpha value is -2.93. The maximum atomic E-state index is 13.3. The van der Waals surface area contributed by atoms with E-state index in [1.807, 2.05) is 6.07 Å². The fourth-order valence-corrected chi connectivity index (χ4v) is 5.97. The summed E-state index contributed by atoms with van der Waals surface area (Å²) >= 11 is 12.3. The second kappa shape index (κ2) is 8.90. The molecule has 1 amide bonds. The summed E-state index contributed by atoms with van der Waals surface area (Å²) in [4.78, 5) is 17.5. The molecule has 1 heterocycles. The van der Waals surface area contributed by atoms with Crippen LogP contribution in [0.3, 0.4) is 0 Å². The largest absolute Gasteiger partial charge is 0.320 e. The Morgan fingerprint density at radius 2 is 1.59 bits per heavy atom. The SMILES string of the molecule is Cc1cnc2c(NC(=O)c3c(Cl)cccc3Cl)cccc2c1S(=O)(=O)Cc1ccccc1. The van der Waals surface area contributed by atoms with Gasteiger partial charge < -0.3 is 5.32 Å². The summed E-state index contributed by atoms with van der Waals surface area (Å²) in [5.41, 5.74) is 2.08. The van der Waals surface area contributed by atoms with E-state index < -0.39 is 15.7 Å². The summed E-state index contributed by atoms with van der Waals surface area (Å²) in [5, 5.41) is 3.63. The minimum absolute atomic E-state index is 0.136. The Kier molecular flexibility index (Phi) is 6.20. The Bertz CT molecular complexity index is 1420. The minimum Gasteiger partial charge on any atom is -0.320 e. The molecule has 0 fully saturated rings. The normalized spacial score (nSPS) is 11.5. The highest BCUT2D eigenvalue weighted by Gasteiger charge is 2.23. The van der Waals surface area contributed by atoms with Crippen molar-refractivity contribution >= 4 is 55.5 Å². The highest BCUT2D eigenvalue weighted by molar-refractivity contribution is 7.91. The lowest BCUT2D eigenvalue weighted by Gasteiger charge is -2.14. The summed E-state index contributed by atoms with van der Waals surface area (Å²) in [6.07, 6.45) is 1.50. The van der Waals surface area contributed by atoms with Crippen molar-refractivity contribution in [3.63, 3.8) is 0 Å². The summed E-state index contributed by atoms with van der Waals surface area (Å²) < 4.78 is 26.7. The molecule has 0 atom stereocenters. The van der Waals surface area contributed by atoms with Crippen molar-refractivity contribution in [3.05, 3.63) is 99.7 Å². The van der Waals surface area contributed by atoms with Gasteiger partial charge in [0.2, 0.25) is 0 Å². The number of pyridine rings is 1. The number of nitrogens with one attached hydrogen (secondary N) is 1. The molecule has 0 aliphatic rings. The molecule has 4 aromatic rings. The molecule has 1 N–H and O–H groups in total. The van der Waals surface area contributed by atoms with E-state index in [2.05, 4.69) is 10.3 Å². The molecule has 3 aromatic carbocycles. The van der Waals surface area contributed by atoms with E-state index in [9.17, 15) is 13.2 Å². The van der Waals surface area contributed by atoms with Gasteiger partial charge in [0.05, 0.1) is 37.5 Å².